The standard InChI is InChI=1S/C19H21NO/c1-3-17(15-9-5-4-6-10-15)20-14(2)19-13-16-11-7-8-12-18(16)21-19/h4-14,17,20H,3H2,1-2H3. The Kier molecular flexibility index (Phi) is 4.07. The molecule has 3 aromatic rings. The van der Waals surface area contributed by atoms with Crippen LogP contribution in [0.5, 0.6) is 0 Å². The zero-order valence-electron chi connectivity index (χ0n) is 12.5. The molecule has 0 fully saturated rings. The highest BCUT2D eigenvalue weighted by Gasteiger charge is 2.16. The van der Waals surface area contributed by atoms with Crippen molar-refractivity contribution >= 4 is 11.0 Å². The Hall–Kier alpha value is -2.06. The zero-order chi connectivity index (χ0) is 14.7. The van der Waals surface area contributed by atoms with Crippen LogP contribution in [0.1, 0.15) is 43.7 Å². The van der Waals surface area contributed by atoms with Gasteiger partial charge in [0.25, 0.3) is 0 Å². The van der Waals surface area contributed by atoms with Crippen molar-refractivity contribution in [2.75, 3.05) is 0 Å². The first kappa shape index (κ1) is 13.9. The van der Waals surface area contributed by atoms with Gasteiger partial charge in [0.1, 0.15) is 11.3 Å². The minimum absolute atomic E-state index is 0.183. The van der Waals surface area contributed by atoms with E-state index in [0.717, 1.165) is 23.2 Å². The van der Waals surface area contributed by atoms with Crippen LogP contribution in [-0.4, -0.2) is 0 Å². The summed E-state index contributed by atoms with van der Waals surface area (Å²) in [4.78, 5) is 0. The molecular formula is C19H21NO. The Balaban J connectivity index is 1.79. The summed E-state index contributed by atoms with van der Waals surface area (Å²) >= 11 is 0. The molecule has 0 aliphatic heterocycles. The number of furan rings is 1. The molecule has 0 saturated carbocycles. The topological polar surface area (TPSA) is 25.2 Å². The fraction of sp³-hybridized carbons (Fsp3) is 0.263. The van der Waals surface area contributed by atoms with Crippen molar-refractivity contribution in [3.05, 3.63) is 72.0 Å². The first-order chi connectivity index (χ1) is 10.3. The van der Waals surface area contributed by atoms with Crippen LogP contribution in [0.2, 0.25) is 0 Å². The number of benzene rings is 2. The van der Waals surface area contributed by atoms with Crippen molar-refractivity contribution < 1.29 is 4.42 Å². The lowest BCUT2D eigenvalue weighted by atomic mass is 10.0. The molecule has 2 atom stereocenters. The molecule has 0 radical (unpaired) electrons. The smallest absolute Gasteiger partial charge is 0.134 e. The molecule has 21 heavy (non-hydrogen) atoms. The molecule has 0 aliphatic rings. The molecule has 1 heterocycles. The van der Waals surface area contributed by atoms with Gasteiger partial charge in [0.2, 0.25) is 0 Å². The molecule has 2 heteroatoms. The molecule has 108 valence electrons. The van der Waals surface area contributed by atoms with Gasteiger partial charge < -0.3 is 9.73 Å². The Morgan fingerprint density at radius 3 is 2.43 bits per heavy atom. The number of rotatable bonds is 5. The maximum atomic E-state index is 5.95. The van der Waals surface area contributed by atoms with Crippen molar-refractivity contribution in [1.29, 1.82) is 0 Å². The number of hydrogen-bond donors (Lipinski definition) is 1. The lowest BCUT2D eigenvalue weighted by molar-refractivity contribution is 0.398. The summed E-state index contributed by atoms with van der Waals surface area (Å²) in [5.74, 6) is 0.991. The van der Waals surface area contributed by atoms with Gasteiger partial charge in [-0.2, -0.15) is 0 Å². The van der Waals surface area contributed by atoms with E-state index in [4.69, 9.17) is 4.42 Å². The van der Waals surface area contributed by atoms with E-state index in [9.17, 15) is 0 Å². The van der Waals surface area contributed by atoms with E-state index in [1.165, 1.54) is 5.56 Å². The normalized spacial score (nSPS) is 14.2. The third kappa shape index (κ3) is 3.01. The molecular weight excluding hydrogens is 258 g/mol. The Morgan fingerprint density at radius 2 is 1.71 bits per heavy atom. The molecule has 0 amide bonds. The summed E-state index contributed by atoms with van der Waals surface area (Å²) in [6.45, 7) is 4.36. The maximum absolute atomic E-state index is 5.95. The third-order valence-electron chi connectivity index (χ3n) is 3.93. The van der Waals surface area contributed by atoms with Gasteiger partial charge in [-0.1, -0.05) is 55.5 Å². The summed E-state index contributed by atoms with van der Waals surface area (Å²) in [7, 11) is 0. The van der Waals surface area contributed by atoms with Crippen molar-refractivity contribution in [2.45, 2.75) is 32.4 Å². The van der Waals surface area contributed by atoms with Gasteiger partial charge in [0, 0.05) is 11.4 Å². The lowest BCUT2D eigenvalue weighted by Crippen LogP contribution is -2.23. The second kappa shape index (κ2) is 6.15. The Labute approximate surface area is 125 Å². The summed E-state index contributed by atoms with van der Waals surface area (Å²) in [5.41, 5.74) is 2.27. The highest BCUT2D eigenvalue weighted by molar-refractivity contribution is 5.77. The molecule has 2 nitrogen and oxygen atoms in total. The summed E-state index contributed by atoms with van der Waals surface area (Å²) in [6, 6.07) is 21.4. The van der Waals surface area contributed by atoms with Crippen LogP contribution in [0.3, 0.4) is 0 Å². The molecule has 2 unspecified atom stereocenters. The molecule has 0 aliphatic carbocycles. The van der Waals surface area contributed by atoms with Gasteiger partial charge in [0.05, 0.1) is 6.04 Å². The molecule has 0 spiro atoms. The largest absolute Gasteiger partial charge is 0.459 e. The monoisotopic (exact) mass is 279 g/mol. The van der Waals surface area contributed by atoms with E-state index in [2.05, 4.69) is 61.6 Å². The van der Waals surface area contributed by atoms with Crippen LogP contribution >= 0.6 is 0 Å². The van der Waals surface area contributed by atoms with Crippen LogP contribution in [0.25, 0.3) is 11.0 Å². The summed E-state index contributed by atoms with van der Waals surface area (Å²) in [5, 5.41) is 4.83. The van der Waals surface area contributed by atoms with Crippen molar-refractivity contribution in [1.82, 2.24) is 5.32 Å². The second-order valence-corrected chi connectivity index (χ2v) is 5.45. The molecule has 1 aromatic heterocycles. The first-order valence-corrected chi connectivity index (χ1v) is 7.57. The first-order valence-electron chi connectivity index (χ1n) is 7.57. The zero-order valence-corrected chi connectivity index (χ0v) is 12.5. The highest BCUT2D eigenvalue weighted by Crippen LogP contribution is 2.26. The number of nitrogens with one attached hydrogen (secondary N) is 1. The van der Waals surface area contributed by atoms with Crippen molar-refractivity contribution in [3.8, 4) is 0 Å². The van der Waals surface area contributed by atoms with E-state index >= 15 is 0 Å². The third-order valence-corrected chi connectivity index (χ3v) is 3.93. The average molecular weight is 279 g/mol. The molecule has 0 saturated heterocycles. The molecule has 3 rings (SSSR count). The van der Waals surface area contributed by atoms with Gasteiger partial charge in [-0.3, -0.25) is 0 Å². The average Bonchev–Trinajstić information content (AvgIpc) is 2.97. The minimum atomic E-state index is 0.183. The van der Waals surface area contributed by atoms with E-state index in [1.807, 2.05) is 18.2 Å². The number of hydrogen-bond acceptors (Lipinski definition) is 2. The number of para-hydroxylation sites is 1. The summed E-state index contributed by atoms with van der Waals surface area (Å²) < 4.78 is 5.95. The minimum Gasteiger partial charge on any atom is -0.459 e. The van der Waals surface area contributed by atoms with Gasteiger partial charge in [-0.05, 0) is 31.0 Å². The van der Waals surface area contributed by atoms with Crippen LogP contribution in [0.4, 0.5) is 0 Å². The Morgan fingerprint density at radius 1 is 1.00 bits per heavy atom. The van der Waals surface area contributed by atoms with E-state index in [-0.39, 0.29) is 6.04 Å². The predicted molar refractivity (Wildman–Crippen MR) is 87.2 cm³/mol. The number of fused-ring (bicyclic) bond motifs is 1. The summed E-state index contributed by atoms with van der Waals surface area (Å²) in [6.07, 6.45) is 1.05. The van der Waals surface area contributed by atoms with Crippen LogP contribution in [0.15, 0.2) is 65.1 Å². The van der Waals surface area contributed by atoms with Crippen LogP contribution in [-0.2, 0) is 0 Å². The van der Waals surface area contributed by atoms with E-state index in [1.54, 1.807) is 0 Å². The maximum Gasteiger partial charge on any atom is 0.134 e. The quantitative estimate of drug-likeness (QED) is 0.691. The van der Waals surface area contributed by atoms with Gasteiger partial charge in [0.15, 0.2) is 0 Å². The van der Waals surface area contributed by atoms with Gasteiger partial charge >= 0.3 is 0 Å². The Bertz CT molecular complexity index is 669. The molecule has 2 aromatic carbocycles. The molecule has 1 N–H and O–H groups in total. The van der Waals surface area contributed by atoms with Crippen LogP contribution in [0, 0.1) is 0 Å². The van der Waals surface area contributed by atoms with Crippen molar-refractivity contribution in [2.24, 2.45) is 0 Å². The van der Waals surface area contributed by atoms with E-state index in [0.29, 0.717) is 6.04 Å². The van der Waals surface area contributed by atoms with Crippen molar-refractivity contribution in [3.63, 3.8) is 0 Å². The van der Waals surface area contributed by atoms with Gasteiger partial charge in [-0.15, -0.1) is 0 Å². The fourth-order valence-corrected chi connectivity index (χ4v) is 2.73. The lowest BCUT2D eigenvalue weighted by Gasteiger charge is -2.21. The van der Waals surface area contributed by atoms with E-state index < -0.39 is 0 Å². The molecule has 0 bridgehead atoms. The predicted octanol–water partition coefficient (Wildman–Crippen LogP) is 5.23. The van der Waals surface area contributed by atoms with Crippen LogP contribution < -0.4 is 5.32 Å². The van der Waals surface area contributed by atoms with Gasteiger partial charge in [-0.25, -0.2) is 0 Å². The second-order valence-electron chi connectivity index (χ2n) is 5.45. The fourth-order valence-electron chi connectivity index (χ4n) is 2.73. The SMILES string of the molecule is CCC(NC(C)c1cc2ccccc2o1)c1ccccc1. The highest BCUT2D eigenvalue weighted by atomic mass is 16.3.